The van der Waals surface area contributed by atoms with Gasteiger partial charge < -0.3 is 15.4 Å². The highest BCUT2D eigenvalue weighted by Gasteiger charge is 2.28. The monoisotopic (exact) mass is 337 g/mol. The predicted molar refractivity (Wildman–Crippen MR) is 90.6 cm³/mol. The first kappa shape index (κ1) is 15.6. The van der Waals surface area contributed by atoms with Crippen molar-refractivity contribution < 1.29 is 9.53 Å². The van der Waals surface area contributed by atoms with E-state index in [0.29, 0.717) is 18.3 Å². The maximum atomic E-state index is 12.3. The first-order valence-electron chi connectivity index (χ1n) is 7.38. The number of anilines is 1. The predicted octanol–water partition coefficient (Wildman–Crippen LogP) is 2.75. The molecule has 22 heavy (non-hydrogen) atoms. The lowest BCUT2D eigenvalue weighted by molar-refractivity contribution is -0.123. The number of thiophene rings is 1. The minimum atomic E-state index is -0.325. The Bertz CT molecular complexity index is 653. The summed E-state index contributed by atoms with van der Waals surface area (Å²) in [6.45, 7) is 5.38. The Morgan fingerprint density at radius 3 is 3.14 bits per heavy atom. The van der Waals surface area contributed by atoms with Crippen LogP contribution in [0, 0.1) is 0 Å². The summed E-state index contributed by atoms with van der Waals surface area (Å²) in [5, 5.41) is 8.68. The van der Waals surface area contributed by atoms with Gasteiger partial charge in [0.1, 0.15) is 6.04 Å². The van der Waals surface area contributed by atoms with Gasteiger partial charge in [0.15, 0.2) is 5.13 Å². The number of rotatable bonds is 4. The standard InChI is InChI=1S/C15H19N3O2S2/c1-3-10-4-5-12(22-10)11-8-21-15(17-11)18-14(19)13-9(2)20-7-6-16-13/h4-5,8-9,13,16H,3,6-7H2,1-2H3,(H,17,18,19)/t9-,13+/m1/s1. The van der Waals surface area contributed by atoms with Crippen molar-refractivity contribution in [3.8, 4) is 10.6 Å². The highest BCUT2D eigenvalue weighted by atomic mass is 32.1. The zero-order chi connectivity index (χ0) is 15.5. The molecule has 0 spiro atoms. The van der Waals surface area contributed by atoms with E-state index >= 15 is 0 Å². The minimum absolute atomic E-state index is 0.0893. The van der Waals surface area contributed by atoms with E-state index in [1.165, 1.54) is 16.2 Å². The Labute approximate surface area is 137 Å². The molecule has 3 rings (SSSR count). The minimum Gasteiger partial charge on any atom is -0.375 e. The van der Waals surface area contributed by atoms with Gasteiger partial charge in [0.05, 0.1) is 23.3 Å². The van der Waals surface area contributed by atoms with E-state index in [2.05, 4.69) is 34.7 Å². The van der Waals surface area contributed by atoms with Crippen molar-refractivity contribution in [1.29, 1.82) is 0 Å². The van der Waals surface area contributed by atoms with Crippen LogP contribution >= 0.6 is 22.7 Å². The van der Waals surface area contributed by atoms with Crippen molar-refractivity contribution in [3.05, 3.63) is 22.4 Å². The van der Waals surface area contributed by atoms with Crippen LogP contribution in [0.15, 0.2) is 17.5 Å². The van der Waals surface area contributed by atoms with Gasteiger partial charge in [-0.25, -0.2) is 4.98 Å². The zero-order valence-electron chi connectivity index (χ0n) is 12.6. The van der Waals surface area contributed by atoms with Crippen molar-refractivity contribution in [3.63, 3.8) is 0 Å². The summed E-state index contributed by atoms with van der Waals surface area (Å²) >= 11 is 3.20. The Morgan fingerprint density at radius 1 is 1.55 bits per heavy atom. The maximum absolute atomic E-state index is 12.3. The lowest BCUT2D eigenvalue weighted by atomic mass is 10.1. The summed E-state index contributed by atoms with van der Waals surface area (Å²) in [5.74, 6) is -0.0893. The Morgan fingerprint density at radius 2 is 2.41 bits per heavy atom. The fourth-order valence-electron chi connectivity index (χ4n) is 2.36. The lowest BCUT2D eigenvalue weighted by Gasteiger charge is -2.28. The fraction of sp³-hybridized carbons (Fsp3) is 0.467. The molecule has 3 heterocycles. The number of amides is 1. The third-order valence-corrected chi connectivity index (χ3v) is 5.61. The number of ether oxygens (including phenoxy) is 1. The second-order valence-electron chi connectivity index (χ2n) is 5.15. The Hall–Kier alpha value is -1.28. The van der Waals surface area contributed by atoms with Gasteiger partial charge in [-0.2, -0.15) is 0 Å². The van der Waals surface area contributed by atoms with Gasteiger partial charge in [-0.1, -0.05) is 6.92 Å². The molecule has 0 unspecified atom stereocenters. The zero-order valence-corrected chi connectivity index (χ0v) is 14.2. The molecule has 0 bridgehead atoms. The SMILES string of the molecule is CCc1ccc(-c2csc(NC(=O)[C@H]3NCCO[C@@H]3C)n2)s1. The maximum Gasteiger partial charge on any atom is 0.245 e. The third-order valence-electron chi connectivity index (χ3n) is 3.60. The molecule has 2 N–H and O–H groups in total. The van der Waals surface area contributed by atoms with Gasteiger partial charge in [0, 0.05) is 16.8 Å². The van der Waals surface area contributed by atoms with E-state index in [9.17, 15) is 4.79 Å². The van der Waals surface area contributed by atoms with Gasteiger partial charge in [0.2, 0.25) is 5.91 Å². The summed E-state index contributed by atoms with van der Waals surface area (Å²) in [4.78, 5) is 19.3. The van der Waals surface area contributed by atoms with Crippen molar-refractivity contribution in [1.82, 2.24) is 10.3 Å². The molecule has 118 valence electrons. The fourth-order valence-corrected chi connectivity index (χ4v) is 4.06. The van der Waals surface area contributed by atoms with E-state index in [-0.39, 0.29) is 18.1 Å². The van der Waals surface area contributed by atoms with Crippen LogP contribution in [-0.4, -0.2) is 36.2 Å². The van der Waals surface area contributed by atoms with E-state index in [1.807, 2.05) is 12.3 Å². The van der Waals surface area contributed by atoms with Crippen LogP contribution in [0.3, 0.4) is 0 Å². The summed E-state index contributed by atoms with van der Waals surface area (Å²) in [6, 6.07) is 3.89. The van der Waals surface area contributed by atoms with Crippen LogP contribution in [-0.2, 0) is 16.0 Å². The molecule has 5 nitrogen and oxygen atoms in total. The van der Waals surface area contributed by atoms with Crippen LogP contribution in [0.4, 0.5) is 5.13 Å². The molecule has 2 atom stereocenters. The topological polar surface area (TPSA) is 63.2 Å². The molecule has 7 heteroatoms. The number of thiazole rings is 1. The first-order valence-corrected chi connectivity index (χ1v) is 9.07. The van der Waals surface area contributed by atoms with Crippen molar-refractivity contribution in [2.45, 2.75) is 32.4 Å². The number of morpholine rings is 1. The van der Waals surface area contributed by atoms with Gasteiger partial charge in [-0.3, -0.25) is 4.79 Å². The average Bonchev–Trinajstić information content (AvgIpc) is 3.16. The number of nitrogens with zero attached hydrogens (tertiary/aromatic N) is 1. The van der Waals surface area contributed by atoms with Crippen molar-refractivity contribution in [2.75, 3.05) is 18.5 Å². The van der Waals surface area contributed by atoms with Crippen LogP contribution in [0.1, 0.15) is 18.7 Å². The summed E-state index contributed by atoms with van der Waals surface area (Å²) in [5.41, 5.74) is 0.922. The largest absolute Gasteiger partial charge is 0.375 e. The second-order valence-corrected chi connectivity index (χ2v) is 7.18. The summed E-state index contributed by atoms with van der Waals surface area (Å²) < 4.78 is 5.50. The molecule has 0 radical (unpaired) electrons. The van der Waals surface area contributed by atoms with Gasteiger partial charge >= 0.3 is 0 Å². The van der Waals surface area contributed by atoms with E-state index < -0.39 is 0 Å². The highest BCUT2D eigenvalue weighted by molar-refractivity contribution is 7.17. The number of hydrogen-bond acceptors (Lipinski definition) is 6. The van der Waals surface area contributed by atoms with Crippen LogP contribution in [0.5, 0.6) is 0 Å². The average molecular weight is 337 g/mol. The molecular weight excluding hydrogens is 318 g/mol. The number of aryl methyl sites for hydroxylation is 1. The van der Waals surface area contributed by atoms with Crippen LogP contribution < -0.4 is 10.6 Å². The summed E-state index contributed by atoms with van der Waals surface area (Å²) in [7, 11) is 0. The normalized spacial score (nSPS) is 21.7. The van der Waals surface area contributed by atoms with Gasteiger partial charge in [-0.15, -0.1) is 22.7 Å². The van der Waals surface area contributed by atoms with Gasteiger partial charge in [-0.05, 0) is 25.5 Å². The van der Waals surface area contributed by atoms with Gasteiger partial charge in [0.25, 0.3) is 0 Å². The molecule has 1 amide bonds. The van der Waals surface area contributed by atoms with Crippen LogP contribution in [0.25, 0.3) is 10.6 Å². The first-order chi connectivity index (χ1) is 10.7. The number of carbonyl (C=O) groups is 1. The number of carbonyl (C=O) groups excluding carboxylic acids is 1. The molecule has 1 aliphatic heterocycles. The molecular formula is C15H19N3O2S2. The molecule has 1 fully saturated rings. The number of nitrogens with one attached hydrogen (secondary N) is 2. The van der Waals surface area contributed by atoms with Crippen LogP contribution in [0.2, 0.25) is 0 Å². The second kappa shape index (κ2) is 6.87. The molecule has 0 aromatic carbocycles. The van der Waals surface area contributed by atoms with Crippen molar-refractivity contribution in [2.24, 2.45) is 0 Å². The molecule has 0 aliphatic carbocycles. The highest BCUT2D eigenvalue weighted by Crippen LogP contribution is 2.31. The number of aromatic nitrogens is 1. The van der Waals surface area contributed by atoms with E-state index in [1.54, 1.807) is 11.3 Å². The smallest absolute Gasteiger partial charge is 0.245 e. The van der Waals surface area contributed by atoms with E-state index in [0.717, 1.165) is 17.0 Å². The van der Waals surface area contributed by atoms with E-state index in [4.69, 9.17) is 4.74 Å². The summed E-state index contributed by atoms with van der Waals surface area (Å²) in [6.07, 6.45) is 0.904. The Kier molecular flexibility index (Phi) is 4.87. The molecule has 0 saturated carbocycles. The Balaban J connectivity index is 1.67. The number of hydrogen-bond donors (Lipinski definition) is 2. The van der Waals surface area contributed by atoms with Crippen molar-refractivity contribution >= 4 is 33.7 Å². The molecule has 1 saturated heterocycles. The lowest BCUT2D eigenvalue weighted by Crippen LogP contribution is -2.53. The third kappa shape index (κ3) is 3.38. The molecule has 2 aromatic heterocycles. The molecule has 2 aromatic rings. The molecule has 1 aliphatic rings. The quantitative estimate of drug-likeness (QED) is 0.900.